The number of hydrogen-bond donors (Lipinski definition) is 2. The Labute approximate surface area is 184 Å². The fourth-order valence-electron chi connectivity index (χ4n) is 2.95. The predicted molar refractivity (Wildman–Crippen MR) is 122 cm³/mol. The molecule has 2 N–H and O–H groups in total. The summed E-state index contributed by atoms with van der Waals surface area (Å²) in [5.74, 6) is -0.451. The molecular formula is C22H17ClN4O3S. The van der Waals surface area contributed by atoms with E-state index in [0.29, 0.717) is 17.0 Å². The van der Waals surface area contributed by atoms with Gasteiger partial charge in [0.2, 0.25) is 5.91 Å². The molecule has 2 aromatic heterocycles. The van der Waals surface area contributed by atoms with Gasteiger partial charge < -0.3 is 5.32 Å². The highest BCUT2D eigenvalue weighted by atomic mass is 35.5. The van der Waals surface area contributed by atoms with Gasteiger partial charge in [-0.15, -0.1) is 0 Å². The molecule has 0 unspecified atom stereocenters. The van der Waals surface area contributed by atoms with Crippen LogP contribution in [-0.4, -0.2) is 23.7 Å². The van der Waals surface area contributed by atoms with Crippen LogP contribution in [0.2, 0.25) is 5.15 Å². The van der Waals surface area contributed by atoms with E-state index in [1.807, 2.05) is 12.1 Å². The monoisotopic (exact) mass is 452 g/mol. The van der Waals surface area contributed by atoms with Crippen LogP contribution in [0.25, 0.3) is 11.7 Å². The molecule has 9 heteroatoms. The summed E-state index contributed by atoms with van der Waals surface area (Å²) in [6, 6.07) is 20.0. The van der Waals surface area contributed by atoms with Gasteiger partial charge in [0.15, 0.2) is 5.15 Å². The van der Waals surface area contributed by atoms with Crippen LogP contribution >= 0.6 is 11.6 Å². The Morgan fingerprint density at radius 1 is 0.935 bits per heavy atom. The van der Waals surface area contributed by atoms with E-state index in [4.69, 9.17) is 11.6 Å². The first-order valence-electron chi connectivity index (χ1n) is 9.22. The normalized spacial score (nSPS) is 11.6. The van der Waals surface area contributed by atoms with E-state index in [1.165, 1.54) is 18.2 Å². The third kappa shape index (κ3) is 4.60. The van der Waals surface area contributed by atoms with Gasteiger partial charge in [-0.1, -0.05) is 48.0 Å². The third-order valence-corrected chi connectivity index (χ3v) is 6.06. The third-order valence-electron chi connectivity index (χ3n) is 4.40. The zero-order valence-electron chi connectivity index (χ0n) is 16.1. The quantitative estimate of drug-likeness (QED) is 0.423. The number of nitrogens with zero attached hydrogens (tertiary/aromatic N) is 2. The number of fused-ring (bicyclic) bond motifs is 1. The van der Waals surface area contributed by atoms with Gasteiger partial charge in [-0.3, -0.25) is 13.9 Å². The van der Waals surface area contributed by atoms with Crippen molar-refractivity contribution < 1.29 is 13.2 Å². The van der Waals surface area contributed by atoms with Crippen molar-refractivity contribution in [2.75, 3.05) is 10.0 Å². The van der Waals surface area contributed by atoms with E-state index in [1.54, 1.807) is 65.2 Å². The standard InChI is InChI=1S/C22H17ClN4O3S/c23-22-19(27-15-7-6-12-20(27)25-22)13-14-21(28)24-17-10-4-5-11-18(17)26-31(29,30)16-8-2-1-3-9-16/h1-15,26H,(H,24,28)/b14-13+. The molecule has 0 aliphatic carbocycles. The summed E-state index contributed by atoms with van der Waals surface area (Å²) in [6.07, 6.45) is 4.65. The Morgan fingerprint density at radius 3 is 2.39 bits per heavy atom. The van der Waals surface area contributed by atoms with Crippen LogP contribution in [0, 0.1) is 0 Å². The number of hydrogen-bond acceptors (Lipinski definition) is 4. The smallest absolute Gasteiger partial charge is 0.261 e. The highest BCUT2D eigenvalue weighted by Gasteiger charge is 2.16. The van der Waals surface area contributed by atoms with Crippen LogP contribution in [0.15, 0.2) is 90.0 Å². The summed E-state index contributed by atoms with van der Waals surface area (Å²) in [5.41, 5.74) is 1.79. The summed E-state index contributed by atoms with van der Waals surface area (Å²) in [6.45, 7) is 0. The number of nitrogens with one attached hydrogen (secondary N) is 2. The van der Waals surface area contributed by atoms with Crippen LogP contribution < -0.4 is 10.0 Å². The molecule has 0 radical (unpaired) electrons. The van der Waals surface area contributed by atoms with Crippen molar-refractivity contribution in [1.82, 2.24) is 9.38 Å². The minimum Gasteiger partial charge on any atom is -0.321 e. The van der Waals surface area contributed by atoms with E-state index in [0.717, 1.165) is 0 Å². The Bertz CT molecular complexity index is 1380. The number of benzene rings is 2. The maximum Gasteiger partial charge on any atom is 0.261 e. The fraction of sp³-hybridized carbons (Fsp3) is 0. The summed E-state index contributed by atoms with van der Waals surface area (Å²) < 4.78 is 29.5. The van der Waals surface area contributed by atoms with Crippen molar-refractivity contribution in [3.8, 4) is 0 Å². The number of anilines is 2. The second-order valence-electron chi connectivity index (χ2n) is 6.50. The molecule has 0 bridgehead atoms. The van der Waals surface area contributed by atoms with E-state index in [-0.39, 0.29) is 15.7 Å². The minimum atomic E-state index is -3.80. The molecule has 0 saturated carbocycles. The first-order valence-corrected chi connectivity index (χ1v) is 11.1. The molecule has 0 fully saturated rings. The molecule has 0 atom stereocenters. The number of carbonyl (C=O) groups excluding carboxylic acids is 1. The maximum absolute atomic E-state index is 12.6. The molecule has 7 nitrogen and oxygen atoms in total. The lowest BCUT2D eigenvalue weighted by molar-refractivity contribution is -0.111. The van der Waals surface area contributed by atoms with Crippen LogP contribution in [0.1, 0.15) is 5.69 Å². The molecule has 31 heavy (non-hydrogen) atoms. The fourth-order valence-corrected chi connectivity index (χ4v) is 4.29. The summed E-state index contributed by atoms with van der Waals surface area (Å²) >= 11 is 6.18. The first kappa shape index (κ1) is 20.6. The number of imidazole rings is 1. The summed E-state index contributed by atoms with van der Waals surface area (Å²) in [7, 11) is -3.80. The Morgan fingerprint density at radius 2 is 1.61 bits per heavy atom. The zero-order chi connectivity index (χ0) is 21.8. The number of halogens is 1. The lowest BCUT2D eigenvalue weighted by Crippen LogP contribution is -2.16. The summed E-state index contributed by atoms with van der Waals surface area (Å²) in [4.78, 5) is 16.8. The molecule has 2 aromatic carbocycles. The Balaban J connectivity index is 1.54. The number of pyridine rings is 1. The van der Waals surface area contributed by atoms with Gasteiger partial charge in [-0.05, 0) is 42.5 Å². The molecule has 0 aliphatic heterocycles. The van der Waals surface area contributed by atoms with E-state index < -0.39 is 15.9 Å². The van der Waals surface area contributed by atoms with Crippen molar-refractivity contribution in [2.24, 2.45) is 0 Å². The van der Waals surface area contributed by atoms with Gasteiger partial charge in [0.25, 0.3) is 10.0 Å². The van der Waals surface area contributed by atoms with E-state index in [2.05, 4.69) is 15.0 Å². The molecule has 0 spiro atoms. The van der Waals surface area contributed by atoms with Crippen LogP contribution in [-0.2, 0) is 14.8 Å². The van der Waals surface area contributed by atoms with Gasteiger partial charge in [-0.2, -0.15) is 0 Å². The Hall–Kier alpha value is -3.62. The zero-order valence-corrected chi connectivity index (χ0v) is 17.6. The summed E-state index contributed by atoms with van der Waals surface area (Å²) in [5, 5.41) is 2.96. The molecule has 0 aliphatic rings. The molecule has 156 valence electrons. The highest BCUT2D eigenvalue weighted by Crippen LogP contribution is 2.25. The maximum atomic E-state index is 12.6. The van der Waals surface area contributed by atoms with Gasteiger partial charge in [0, 0.05) is 12.3 Å². The molecule has 0 saturated heterocycles. The van der Waals surface area contributed by atoms with E-state index in [9.17, 15) is 13.2 Å². The van der Waals surface area contributed by atoms with E-state index >= 15 is 0 Å². The van der Waals surface area contributed by atoms with Crippen LogP contribution in [0.5, 0.6) is 0 Å². The SMILES string of the molecule is O=C(/C=C/c1c(Cl)nc2ccccn12)Nc1ccccc1NS(=O)(=O)c1ccccc1. The Kier molecular flexibility index (Phi) is 5.75. The molecule has 4 aromatic rings. The average Bonchev–Trinajstić information content (AvgIpc) is 3.09. The minimum absolute atomic E-state index is 0.123. The lowest BCUT2D eigenvalue weighted by Gasteiger charge is -2.12. The first-order chi connectivity index (χ1) is 14.9. The topological polar surface area (TPSA) is 92.6 Å². The van der Waals surface area contributed by atoms with Gasteiger partial charge in [-0.25, -0.2) is 13.4 Å². The lowest BCUT2D eigenvalue weighted by atomic mass is 10.2. The largest absolute Gasteiger partial charge is 0.321 e. The predicted octanol–water partition coefficient (Wildman–Crippen LogP) is 4.44. The second-order valence-corrected chi connectivity index (χ2v) is 8.54. The van der Waals surface area contributed by atoms with Crippen LogP contribution in [0.3, 0.4) is 0 Å². The number of para-hydroxylation sites is 2. The van der Waals surface area contributed by atoms with Crippen LogP contribution in [0.4, 0.5) is 11.4 Å². The van der Waals surface area contributed by atoms with Gasteiger partial charge in [0.1, 0.15) is 5.65 Å². The van der Waals surface area contributed by atoms with Crippen molar-refractivity contribution in [3.63, 3.8) is 0 Å². The van der Waals surface area contributed by atoms with Gasteiger partial charge in [0.05, 0.1) is 22.0 Å². The molecule has 4 rings (SSSR count). The van der Waals surface area contributed by atoms with Gasteiger partial charge >= 0.3 is 0 Å². The molecule has 2 heterocycles. The second kappa shape index (κ2) is 8.63. The van der Waals surface area contributed by atoms with Crippen molar-refractivity contribution in [2.45, 2.75) is 4.90 Å². The highest BCUT2D eigenvalue weighted by molar-refractivity contribution is 7.92. The number of amides is 1. The molecular weight excluding hydrogens is 436 g/mol. The van der Waals surface area contributed by atoms with Crippen molar-refractivity contribution in [1.29, 1.82) is 0 Å². The van der Waals surface area contributed by atoms with Crippen molar-refractivity contribution in [3.05, 3.63) is 95.9 Å². The van der Waals surface area contributed by atoms with Crippen molar-refractivity contribution >= 4 is 50.6 Å². The molecule has 1 amide bonds. The number of carbonyl (C=O) groups is 1. The number of aromatic nitrogens is 2. The average molecular weight is 453 g/mol. The number of rotatable bonds is 6. The number of sulfonamides is 1.